The van der Waals surface area contributed by atoms with Gasteiger partial charge in [-0.15, -0.1) is 0 Å². The number of fused-ring (bicyclic) bond motifs is 1. The quantitative estimate of drug-likeness (QED) is 0.740. The first-order chi connectivity index (χ1) is 8.21. The van der Waals surface area contributed by atoms with Crippen LogP contribution in [0.2, 0.25) is 0 Å². The van der Waals surface area contributed by atoms with E-state index in [0.29, 0.717) is 0 Å². The van der Waals surface area contributed by atoms with Crippen molar-refractivity contribution >= 4 is 35.9 Å². The molecule has 0 N–H and O–H groups in total. The van der Waals surface area contributed by atoms with Crippen LogP contribution >= 0.6 is 14.5 Å². The minimum atomic E-state index is -1.29. The number of hydrogen-bond donors (Lipinski definition) is 0. The Morgan fingerprint density at radius 1 is 0.611 bits per heavy atom. The Bertz CT molecular complexity index is 523. The van der Waals surface area contributed by atoms with Crippen molar-refractivity contribution in [2.75, 3.05) is 40.0 Å². The second-order valence-electron chi connectivity index (χ2n) is 7.21. The van der Waals surface area contributed by atoms with E-state index in [0.717, 1.165) is 0 Å². The molecular weight excluding hydrogens is 254 g/mol. The molecule has 2 aromatic rings. The van der Waals surface area contributed by atoms with Gasteiger partial charge in [0.05, 0.1) is 0 Å². The fraction of sp³-hybridized carbons (Fsp3) is 0.375. The van der Waals surface area contributed by atoms with E-state index in [-0.39, 0.29) is 0 Å². The molecule has 18 heavy (non-hydrogen) atoms. The van der Waals surface area contributed by atoms with Crippen LogP contribution in [-0.2, 0) is 0 Å². The van der Waals surface area contributed by atoms with Crippen LogP contribution in [0.4, 0.5) is 0 Å². The fourth-order valence-electron chi connectivity index (χ4n) is 2.59. The average Bonchev–Trinajstić information content (AvgIpc) is 2.24. The first-order valence-electron chi connectivity index (χ1n) is 6.74. The van der Waals surface area contributed by atoms with Gasteiger partial charge in [-0.1, -0.05) is 0 Å². The van der Waals surface area contributed by atoms with E-state index in [9.17, 15) is 0 Å². The van der Waals surface area contributed by atoms with Gasteiger partial charge in [-0.3, -0.25) is 0 Å². The van der Waals surface area contributed by atoms with Crippen LogP contribution in [0, 0.1) is 0 Å². The summed E-state index contributed by atoms with van der Waals surface area (Å²) in [6, 6.07) is 13.7. The summed E-state index contributed by atoms with van der Waals surface area (Å²) in [4.78, 5) is 0. The SMILES string of the molecule is C[PH](C)(C)c1cccc2cccc([PH](C)(C)C)c12. The Morgan fingerprint density at radius 2 is 1.00 bits per heavy atom. The van der Waals surface area contributed by atoms with Gasteiger partial charge in [0.1, 0.15) is 0 Å². The van der Waals surface area contributed by atoms with Crippen molar-refractivity contribution in [2.24, 2.45) is 0 Å². The van der Waals surface area contributed by atoms with E-state index in [2.05, 4.69) is 76.4 Å². The number of rotatable bonds is 2. The van der Waals surface area contributed by atoms with Crippen molar-refractivity contribution in [3.05, 3.63) is 36.4 Å². The average molecular weight is 280 g/mol. The third-order valence-corrected chi connectivity index (χ3v) is 7.59. The molecule has 0 radical (unpaired) electrons. The Labute approximate surface area is 112 Å². The van der Waals surface area contributed by atoms with Crippen LogP contribution in [0.15, 0.2) is 36.4 Å². The Kier molecular flexibility index (Phi) is 3.56. The molecule has 0 saturated heterocycles. The molecule has 0 amide bonds. The molecular formula is C16H26P2. The third kappa shape index (κ3) is 2.61. The van der Waals surface area contributed by atoms with Gasteiger partial charge in [0.25, 0.3) is 0 Å². The van der Waals surface area contributed by atoms with Gasteiger partial charge >= 0.3 is 112 Å². The predicted octanol–water partition coefficient (Wildman–Crippen LogP) is 3.37. The standard InChI is InChI=1S/C16H26P2/c1-17(2,3)14-11-7-9-13-10-8-12-15(16(13)14)18(4,5)6/h7-12,17-18H,1-6H3. The van der Waals surface area contributed by atoms with Crippen LogP contribution in [-0.4, -0.2) is 40.0 Å². The van der Waals surface area contributed by atoms with Crippen molar-refractivity contribution in [1.82, 2.24) is 0 Å². The zero-order valence-corrected chi connectivity index (χ0v) is 14.5. The van der Waals surface area contributed by atoms with Crippen molar-refractivity contribution < 1.29 is 0 Å². The molecule has 0 fully saturated rings. The number of hydrogen-bond acceptors (Lipinski definition) is 0. The van der Waals surface area contributed by atoms with Gasteiger partial charge in [0.15, 0.2) is 0 Å². The molecule has 0 aromatic heterocycles. The predicted molar refractivity (Wildman–Crippen MR) is 95.4 cm³/mol. The summed E-state index contributed by atoms with van der Waals surface area (Å²) >= 11 is 0. The molecule has 2 rings (SSSR count). The first-order valence-corrected chi connectivity index (χ1v) is 13.7. The molecule has 0 spiro atoms. The van der Waals surface area contributed by atoms with E-state index in [1.165, 1.54) is 5.39 Å². The number of benzene rings is 2. The second-order valence-corrected chi connectivity index (χ2v) is 17.3. The van der Waals surface area contributed by atoms with Gasteiger partial charge in [-0.05, 0) is 0 Å². The molecule has 0 nitrogen and oxygen atoms in total. The maximum atomic E-state index is 2.45. The molecule has 0 atom stereocenters. The summed E-state index contributed by atoms with van der Waals surface area (Å²) in [6.45, 7) is 14.7. The summed E-state index contributed by atoms with van der Waals surface area (Å²) in [6.07, 6.45) is 0. The van der Waals surface area contributed by atoms with Crippen molar-refractivity contribution in [1.29, 1.82) is 0 Å². The minimum absolute atomic E-state index is 1.29. The molecule has 0 aliphatic heterocycles. The normalized spacial score (nSPS) is 14.8. The summed E-state index contributed by atoms with van der Waals surface area (Å²) < 4.78 is 0. The zero-order valence-electron chi connectivity index (χ0n) is 12.5. The molecule has 2 aromatic carbocycles. The molecule has 0 saturated carbocycles. The molecule has 0 bridgehead atoms. The van der Waals surface area contributed by atoms with E-state index in [1.807, 2.05) is 0 Å². The van der Waals surface area contributed by atoms with E-state index in [1.54, 1.807) is 16.0 Å². The van der Waals surface area contributed by atoms with Gasteiger partial charge in [-0.25, -0.2) is 0 Å². The van der Waals surface area contributed by atoms with Crippen molar-refractivity contribution in [3.8, 4) is 0 Å². The van der Waals surface area contributed by atoms with Crippen LogP contribution < -0.4 is 10.6 Å². The Morgan fingerprint density at radius 3 is 1.33 bits per heavy atom. The van der Waals surface area contributed by atoms with Gasteiger partial charge in [-0.2, -0.15) is 0 Å². The monoisotopic (exact) mass is 280 g/mol. The molecule has 0 aliphatic carbocycles. The topological polar surface area (TPSA) is 0 Å². The molecule has 0 aliphatic rings. The summed E-state index contributed by atoms with van der Waals surface area (Å²) in [7, 11) is -2.57. The second kappa shape index (κ2) is 4.59. The Balaban J connectivity index is 2.90. The maximum absolute atomic E-state index is 2.45. The zero-order chi connectivity index (χ0) is 13.6. The molecule has 2 heteroatoms. The van der Waals surface area contributed by atoms with E-state index in [4.69, 9.17) is 0 Å². The van der Waals surface area contributed by atoms with Gasteiger partial charge in [0.2, 0.25) is 0 Å². The summed E-state index contributed by atoms with van der Waals surface area (Å²) in [5.41, 5.74) is 0. The van der Waals surface area contributed by atoms with Crippen LogP contribution in [0.5, 0.6) is 0 Å². The van der Waals surface area contributed by atoms with Gasteiger partial charge < -0.3 is 0 Å². The van der Waals surface area contributed by atoms with Crippen molar-refractivity contribution in [2.45, 2.75) is 0 Å². The fourth-order valence-corrected chi connectivity index (χ4v) is 5.97. The van der Waals surface area contributed by atoms with Crippen LogP contribution in [0.3, 0.4) is 0 Å². The molecule has 0 unspecified atom stereocenters. The van der Waals surface area contributed by atoms with Gasteiger partial charge in [0, 0.05) is 0 Å². The van der Waals surface area contributed by atoms with Crippen LogP contribution in [0.1, 0.15) is 0 Å². The Hall–Kier alpha value is -0.440. The third-order valence-electron chi connectivity index (χ3n) is 3.52. The summed E-state index contributed by atoms with van der Waals surface area (Å²) in [5.74, 6) is 0. The van der Waals surface area contributed by atoms with Crippen molar-refractivity contribution in [3.63, 3.8) is 0 Å². The molecule has 100 valence electrons. The summed E-state index contributed by atoms with van der Waals surface area (Å²) in [5, 5.41) is 6.24. The van der Waals surface area contributed by atoms with E-state index >= 15 is 0 Å². The van der Waals surface area contributed by atoms with E-state index < -0.39 is 14.5 Å². The first kappa shape index (κ1) is 14.0. The molecule has 0 heterocycles. The van der Waals surface area contributed by atoms with Crippen LogP contribution in [0.25, 0.3) is 10.8 Å².